The van der Waals surface area contributed by atoms with Crippen LogP contribution >= 0.6 is 11.6 Å². The Morgan fingerprint density at radius 2 is 1.97 bits per heavy atom. The molecule has 1 heterocycles. The molecule has 6 heteroatoms. The predicted octanol–water partition coefficient (Wildman–Crippen LogP) is 4.58. The van der Waals surface area contributed by atoms with Gasteiger partial charge in [-0.15, -0.1) is 0 Å². The molecule has 1 aliphatic rings. The third-order valence-corrected chi connectivity index (χ3v) is 5.73. The zero-order valence-electron chi connectivity index (χ0n) is 17.0. The molecule has 0 aromatic heterocycles. The van der Waals surface area contributed by atoms with E-state index < -0.39 is 0 Å². The number of carbonyl (C=O) groups is 1. The minimum Gasteiger partial charge on any atom is -0.491 e. The Balaban J connectivity index is 1.43. The maximum Gasteiger partial charge on any atom is 0.223 e. The minimum absolute atomic E-state index is 0.0248. The molecule has 0 spiro atoms. The van der Waals surface area contributed by atoms with Gasteiger partial charge in [0.05, 0.1) is 6.04 Å². The number of para-hydroxylation sites is 1. The fraction of sp³-hybridized carbons (Fsp3) is 0.435. The topological polar surface area (TPSA) is 41.6 Å². The Morgan fingerprint density at radius 1 is 1.24 bits per heavy atom. The highest BCUT2D eigenvalue weighted by Gasteiger charge is 2.26. The van der Waals surface area contributed by atoms with Crippen molar-refractivity contribution in [1.82, 2.24) is 10.2 Å². The number of hydrogen-bond donors (Lipinski definition) is 1. The van der Waals surface area contributed by atoms with E-state index in [-0.39, 0.29) is 23.7 Å². The molecule has 1 N–H and O–H groups in total. The van der Waals surface area contributed by atoms with Crippen LogP contribution in [0.4, 0.5) is 4.39 Å². The average molecular weight is 419 g/mol. The number of hydrogen-bond acceptors (Lipinski definition) is 3. The molecule has 1 amide bonds. The van der Waals surface area contributed by atoms with Crippen LogP contribution in [-0.4, -0.2) is 36.5 Å². The third-order valence-electron chi connectivity index (χ3n) is 5.37. The zero-order chi connectivity index (χ0) is 20.8. The largest absolute Gasteiger partial charge is 0.491 e. The number of piperidine rings is 1. The predicted molar refractivity (Wildman–Crippen MR) is 114 cm³/mol. The molecule has 0 aliphatic carbocycles. The van der Waals surface area contributed by atoms with Crippen molar-refractivity contribution in [2.75, 3.05) is 19.7 Å². The fourth-order valence-corrected chi connectivity index (χ4v) is 3.82. The summed E-state index contributed by atoms with van der Waals surface area (Å²) in [6, 6.07) is 12.5. The lowest BCUT2D eigenvalue weighted by molar-refractivity contribution is -0.127. The number of rotatable bonds is 7. The summed E-state index contributed by atoms with van der Waals surface area (Å²) in [6.07, 6.45) is 1.51. The average Bonchev–Trinajstić information content (AvgIpc) is 2.70. The number of halogens is 2. The van der Waals surface area contributed by atoms with E-state index in [4.69, 9.17) is 16.3 Å². The summed E-state index contributed by atoms with van der Waals surface area (Å²) in [5.74, 6) is 0.603. The minimum atomic E-state index is -0.278. The molecule has 1 atom stereocenters. The number of nitrogens with zero attached hydrogens (tertiary/aromatic N) is 1. The van der Waals surface area contributed by atoms with Crippen molar-refractivity contribution in [2.24, 2.45) is 5.92 Å². The third kappa shape index (κ3) is 5.94. The molecule has 0 radical (unpaired) electrons. The van der Waals surface area contributed by atoms with Crippen LogP contribution < -0.4 is 10.1 Å². The van der Waals surface area contributed by atoms with Gasteiger partial charge in [0.15, 0.2) is 0 Å². The number of amides is 1. The molecule has 2 aromatic rings. The van der Waals surface area contributed by atoms with Crippen LogP contribution in [0.3, 0.4) is 0 Å². The first-order valence-electron chi connectivity index (χ1n) is 10.1. The molecular formula is C23H28ClFN2O2. The van der Waals surface area contributed by atoms with E-state index in [0.717, 1.165) is 37.2 Å². The fourth-order valence-electron chi connectivity index (χ4n) is 3.60. The van der Waals surface area contributed by atoms with E-state index in [0.29, 0.717) is 23.7 Å². The van der Waals surface area contributed by atoms with Crippen molar-refractivity contribution in [3.8, 4) is 5.75 Å². The van der Waals surface area contributed by atoms with E-state index in [1.165, 1.54) is 6.07 Å². The van der Waals surface area contributed by atoms with Gasteiger partial charge >= 0.3 is 0 Å². The number of carbonyl (C=O) groups excluding carboxylic acids is 1. The van der Waals surface area contributed by atoms with Crippen molar-refractivity contribution in [1.29, 1.82) is 0 Å². The summed E-state index contributed by atoms with van der Waals surface area (Å²) in [5.41, 5.74) is 1.60. The quantitative estimate of drug-likeness (QED) is 0.715. The first-order valence-corrected chi connectivity index (χ1v) is 10.5. The van der Waals surface area contributed by atoms with Gasteiger partial charge < -0.3 is 10.1 Å². The van der Waals surface area contributed by atoms with Gasteiger partial charge in [0.1, 0.15) is 18.2 Å². The van der Waals surface area contributed by atoms with E-state index in [2.05, 4.69) is 10.2 Å². The van der Waals surface area contributed by atoms with Gasteiger partial charge in [-0.05, 0) is 63.5 Å². The van der Waals surface area contributed by atoms with Gasteiger partial charge in [-0.2, -0.15) is 0 Å². The molecule has 0 unspecified atom stereocenters. The maximum absolute atomic E-state index is 14.0. The second kappa shape index (κ2) is 10.1. The SMILES string of the molecule is Cc1ccccc1OC[C@@H](C)NC(=O)C1CCN(Cc2c(F)cccc2Cl)CC1. The molecule has 1 fully saturated rings. The van der Waals surface area contributed by atoms with Crippen LogP contribution in [0.2, 0.25) is 5.02 Å². The molecule has 0 saturated carbocycles. The Bertz CT molecular complexity index is 817. The van der Waals surface area contributed by atoms with Crippen molar-refractivity contribution in [3.05, 3.63) is 64.4 Å². The van der Waals surface area contributed by atoms with Gasteiger partial charge in [0, 0.05) is 23.0 Å². The lowest BCUT2D eigenvalue weighted by Crippen LogP contribution is -2.44. The first kappa shape index (κ1) is 21.6. The standard InChI is InChI=1S/C23H28ClFN2O2/c1-16-6-3-4-9-22(16)29-15-17(2)26-23(28)18-10-12-27(13-11-18)14-19-20(24)7-5-8-21(19)25/h3-9,17-18H,10-15H2,1-2H3,(H,26,28)/t17-/m1/s1. The Hall–Kier alpha value is -2.11. The van der Waals surface area contributed by atoms with Crippen molar-refractivity contribution < 1.29 is 13.9 Å². The van der Waals surface area contributed by atoms with Crippen molar-refractivity contribution in [3.63, 3.8) is 0 Å². The molecule has 4 nitrogen and oxygen atoms in total. The van der Waals surface area contributed by atoms with Gasteiger partial charge in [-0.1, -0.05) is 35.9 Å². The molecule has 1 aliphatic heterocycles. The number of nitrogens with one attached hydrogen (secondary N) is 1. The van der Waals surface area contributed by atoms with E-state index >= 15 is 0 Å². The summed E-state index contributed by atoms with van der Waals surface area (Å²) >= 11 is 6.13. The molecule has 0 bridgehead atoms. The summed E-state index contributed by atoms with van der Waals surface area (Å²) in [7, 11) is 0. The summed E-state index contributed by atoms with van der Waals surface area (Å²) in [5, 5.41) is 3.51. The number of ether oxygens (including phenoxy) is 1. The van der Waals surface area contributed by atoms with E-state index in [1.807, 2.05) is 38.1 Å². The Morgan fingerprint density at radius 3 is 2.66 bits per heavy atom. The molecule has 3 rings (SSSR count). The van der Waals surface area contributed by atoms with Crippen molar-refractivity contribution >= 4 is 17.5 Å². The smallest absolute Gasteiger partial charge is 0.223 e. The monoisotopic (exact) mass is 418 g/mol. The summed E-state index contributed by atoms with van der Waals surface area (Å²) in [4.78, 5) is 14.7. The van der Waals surface area contributed by atoms with Gasteiger partial charge in [0.2, 0.25) is 5.91 Å². The lowest BCUT2D eigenvalue weighted by Gasteiger charge is -2.32. The molecule has 1 saturated heterocycles. The van der Waals surface area contributed by atoms with Gasteiger partial charge in [0.25, 0.3) is 0 Å². The molecule has 156 valence electrons. The molecular weight excluding hydrogens is 391 g/mol. The number of likely N-dealkylation sites (tertiary alicyclic amines) is 1. The van der Waals surface area contributed by atoms with Crippen LogP contribution in [0.1, 0.15) is 30.9 Å². The number of aryl methyl sites for hydroxylation is 1. The zero-order valence-corrected chi connectivity index (χ0v) is 17.7. The summed E-state index contributed by atoms with van der Waals surface area (Å²) < 4.78 is 19.8. The Labute approximate surface area is 177 Å². The molecule has 2 aromatic carbocycles. The van der Waals surface area contributed by atoms with Crippen molar-refractivity contribution in [2.45, 2.75) is 39.3 Å². The maximum atomic E-state index is 14.0. The van der Waals surface area contributed by atoms with Gasteiger partial charge in [-0.25, -0.2) is 4.39 Å². The van der Waals surface area contributed by atoms with Gasteiger partial charge in [-0.3, -0.25) is 9.69 Å². The van der Waals surface area contributed by atoms with Crippen LogP contribution in [-0.2, 0) is 11.3 Å². The highest BCUT2D eigenvalue weighted by Crippen LogP contribution is 2.24. The summed E-state index contributed by atoms with van der Waals surface area (Å²) in [6.45, 7) is 6.35. The van der Waals surface area contributed by atoms with E-state index in [9.17, 15) is 9.18 Å². The number of benzene rings is 2. The van der Waals surface area contributed by atoms with E-state index in [1.54, 1.807) is 12.1 Å². The second-order valence-corrected chi connectivity index (χ2v) is 8.14. The normalized spacial score (nSPS) is 16.4. The lowest BCUT2D eigenvalue weighted by atomic mass is 9.95. The first-order chi connectivity index (χ1) is 13.9. The molecule has 29 heavy (non-hydrogen) atoms. The highest BCUT2D eigenvalue weighted by atomic mass is 35.5. The van der Waals surface area contributed by atoms with Crippen LogP contribution in [0.5, 0.6) is 5.75 Å². The van der Waals surface area contributed by atoms with Crippen LogP contribution in [0.25, 0.3) is 0 Å². The highest BCUT2D eigenvalue weighted by molar-refractivity contribution is 6.31. The Kier molecular flexibility index (Phi) is 7.51. The van der Waals surface area contributed by atoms with Crippen LogP contribution in [0, 0.1) is 18.7 Å². The van der Waals surface area contributed by atoms with Crippen LogP contribution in [0.15, 0.2) is 42.5 Å². The second-order valence-electron chi connectivity index (χ2n) is 7.74.